The van der Waals surface area contributed by atoms with E-state index in [0.29, 0.717) is 50.7 Å². The Morgan fingerprint density at radius 2 is 1.92 bits per heavy atom. The minimum Gasteiger partial charge on any atom is -0.471 e. The molecular weight excluding hydrogens is 518 g/mol. The van der Waals surface area contributed by atoms with E-state index < -0.39 is 39.6 Å². The highest BCUT2D eigenvalue weighted by Crippen LogP contribution is 2.36. The average molecular weight is 546 g/mol. The Morgan fingerprint density at radius 3 is 2.51 bits per heavy atom. The van der Waals surface area contributed by atoms with Crippen molar-refractivity contribution in [3.63, 3.8) is 0 Å². The third kappa shape index (κ3) is 5.66. The minimum absolute atomic E-state index is 0.0358. The number of hydrogen-bond acceptors (Lipinski definition) is 8. The lowest BCUT2D eigenvalue weighted by Crippen LogP contribution is -2.42. The van der Waals surface area contributed by atoms with Crippen molar-refractivity contribution in [3.05, 3.63) is 41.3 Å². The molecule has 0 aliphatic carbocycles. The molecule has 2 N–H and O–H groups in total. The van der Waals surface area contributed by atoms with Crippen LogP contribution in [0.15, 0.2) is 29.3 Å². The highest BCUT2D eigenvalue weighted by Gasteiger charge is 2.38. The maximum atomic E-state index is 14.6. The summed E-state index contributed by atoms with van der Waals surface area (Å²) >= 11 is 0. The predicted octanol–water partition coefficient (Wildman–Crippen LogP) is 2.75. The molecule has 0 spiro atoms. The molecule has 37 heavy (non-hydrogen) atoms. The van der Waals surface area contributed by atoms with Crippen molar-refractivity contribution in [1.82, 2.24) is 19.6 Å². The molecule has 1 aromatic carbocycles. The molecular formula is C23H27F4N5O4S. The first-order valence-corrected chi connectivity index (χ1v) is 13.5. The third-order valence-electron chi connectivity index (χ3n) is 6.84. The van der Waals surface area contributed by atoms with Gasteiger partial charge in [-0.25, -0.2) is 17.8 Å². The van der Waals surface area contributed by atoms with E-state index >= 15 is 0 Å². The van der Waals surface area contributed by atoms with Crippen molar-refractivity contribution in [2.75, 3.05) is 44.7 Å². The Bertz CT molecular complexity index is 1230. The zero-order chi connectivity index (χ0) is 26.2. The van der Waals surface area contributed by atoms with E-state index in [1.807, 2.05) is 0 Å². The van der Waals surface area contributed by atoms with Crippen LogP contribution >= 0.6 is 0 Å². The number of alkyl halides is 3. The van der Waals surface area contributed by atoms with Crippen molar-refractivity contribution >= 4 is 16.0 Å². The molecule has 5 rings (SSSR count). The number of rotatable bonds is 7. The Hall–Kier alpha value is -2.55. The van der Waals surface area contributed by atoms with Gasteiger partial charge in [0.25, 0.3) is 0 Å². The van der Waals surface area contributed by atoms with Gasteiger partial charge >= 0.3 is 6.18 Å². The molecule has 1 aromatic heterocycles. The van der Waals surface area contributed by atoms with Gasteiger partial charge in [0.15, 0.2) is 0 Å². The molecule has 0 amide bonds. The van der Waals surface area contributed by atoms with Crippen LogP contribution in [-0.4, -0.2) is 74.2 Å². The molecule has 0 unspecified atom stereocenters. The van der Waals surface area contributed by atoms with Gasteiger partial charge in [0.1, 0.15) is 17.5 Å². The summed E-state index contributed by atoms with van der Waals surface area (Å²) in [5.41, 5.74) is -0.571. The molecule has 1 atom stereocenters. The normalized spacial score (nSPS) is 22.1. The van der Waals surface area contributed by atoms with Gasteiger partial charge in [-0.2, -0.15) is 22.5 Å². The first-order chi connectivity index (χ1) is 17.6. The largest absolute Gasteiger partial charge is 0.471 e. The van der Waals surface area contributed by atoms with Crippen molar-refractivity contribution in [2.45, 2.75) is 48.4 Å². The number of sulfonamides is 1. The second-order valence-electron chi connectivity index (χ2n) is 9.37. The summed E-state index contributed by atoms with van der Waals surface area (Å²) in [6, 6.07) is 3.77. The molecule has 3 aliphatic heterocycles. The summed E-state index contributed by atoms with van der Waals surface area (Å²) in [5.74, 6) is -1.09. The summed E-state index contributed by atoms with van der Waals surface area (Å²) in [6.07, 6.45) is -3.34. The van der Waals surface area contributed by atoms with E-state index in [2.05, 4.69) is 20.6 Å². The SMILES string of the molecule is O=S(=O)(c1ccc(C2CNC2)c(F)c1)N1CCC(Nc2ncc(C(F)(F)F)c(O[C@H]3CCOC3)n2)CC1. The van der Waals surface area contributed by atoms with Gasteiger partial charge in [-0.3, -0.25) is 0 Å². The number of benzene rings is 1. The second kappa shape index (κ2) is 10.3. The van der Waals surface area contributed by atoms with Gasteiger partial charge in [-0.1, -0.05) is 6.07 Å². The Labute approximate surface area is 211 Å². The molecule has 0 bridgehead atoms. The van der Waals surface area contributed by atoms with Crippen LogP contribution in [0.2, 0.25) is 0 Å². The Morgan fingerprint density at radius 1 is 1.16 bits per heavy atom. The van der Waals surface area contributed by atoms with Crippen LogP contribution in [-0.2, 0) is 20.9 Å². The highest BCUT2D eigenvalue weighted by molar-refractivity contribution is 7.89. The monoisotopic (exact) mass is 545 g/mol. The molecule has 2 aromatic rings. The second-order valence-corrected chi connectivity index (χ2v) is 11.3. The van der Waals surface area contributed by atoms with Gasteiger partial charge in [-0.15, -0.1) is 0 Å². The van der Waals surface area contributed by atoms with Crippen molar-refractivity contribution in [2.24, 2.45) is 0 Å². The molecule has 14 heteroatoms. The number of nitrogens with one attached hydrogen (secondary N) is 2. The fraction of sp³-hybridized carbons (Fsp3) is 0.565. The smallest absolute Gasteiger partial charge is 0.423 e. The standard InChI is InChI=1S/C23H27F4N5O4S/c24-20-9-17(1-2-18(20)14-10-28-11-14)37(33,34)32-6-3-15(4-7-32)30-22-29-12-19(23(25,26)27)21(31-22)36-16-5-8-35-13-16/h1-2,9,12,14-16,28H,3-8,10-11,13H2,(H,29,30,31)/t16-/m0/s1. The first-order valence-electron chi connectivity index (χ1n) is 12.1. The quantitative estimate of drug-likeness (QED) is 0.512. The van der Waals surface area contributed by atoms with Gasteiger partial charge in [0, 0.05) is 50.8 Å². The Balaban J connectivity index is 1.23. The third-order valence-corrected chi connectivity index (χ3v) is 8.74. The van der Waals surface area contributed by atoms with Crippen molar-refractivity contribution in [3.8, 4) is 5.88 Å². The van der Waals surface area contributed by atoms with E-state index in [0.717, 1.165) is 6.07 Å². The molecule has 3 fully saturated rings. The number of aromatic nitrogens is 2. The molecule has 0 saturated carbocycles. The lowest BCUT2D eigenvalue weighted by molar-refractivity contribution is -0.139. The highest BCUT2D eigenvalue weighted by atomic mass is 32.2. The lowest BCUT2D eigenvalue weighted by atomic mass is 9.93. The number of hydrogen-bond donors (Lipinski definition) is 2. The van der Waals surface area contributed by atoms with E-state index in [1.54, 1.807) is 0 Å². The summed E-state index contributed by atoms with van der Waals surface area (Å²) in [6.45, 7) is 2.21. The number of anilines is 1. The van der Waals surface area contributed by atoms with Crippen molar-refractivity contribution in [1.29, 1.82) is 0 Å². The molecule has 0 radical (unpaired) electrons. The van der Waals surface area contributed by atoms with Gasteiger partial charge in [0.05, 0.1) is 18.1 Å². The van der Waals surface area contributed by atoms with E-state index in [4.69, 9.17) is 9.47 Å². The van der Waals surface area contributed by atoms with Gasteiger partial charge < -0.3 is 20.1 Å². The summed E-state index contributed by atoms with van der Waals surface area (Å²) < 4.78 is 92.9. The van der Waals surface area contributed by atoms with Crippen LogP contribution in [0.25, 0.3) is 0 Å². The van der Waals surface area contributed by atoms with Crippen LogP contribution in [0.3, 0.4) is 0 Å². The van der Waals surface area contributed by atoms with Crippen LogP contribution in [0.4, 0.5) is 23.5 Å². The number of ether oxygens (including phenoxy) is 2. The van der Waals surface area contributed by atoms with E-state index in [9.17, 15) is 26.0 Å². The number of piperidine rings is 1. The zero-order valence-corrected chi connectivity index (χ0v) is 20.6. The van der Waals surface area contributed by atoms with Crippen molar-refractivity contribution < 1.29 is 35.5 Å². The first kappa shape index (κ1) is 26.1. The van der Waals surface area contributed by atoms with Crippen LogP contribution < -0.4 is 15.4 Å². The number of nitrogens with zero attached hydrogens (tertiary/aromatic N) is 3. The molecule has 202 valence electrons. The topological polar surface area (TPSA) is 106 Å². The van der Waals surface area contributed by atoms with Crippen LogP contribution in [0, 0.1) is 5.82 Å². The van der Waals surface area contributed by atoms with Gasteiger partial charge in [-0.05, 0) is 30.5 Å². The number of halogens is 4. The van der Waals surface area contributed by atoms with Gasteiger partial charge in [0.2, 0.25) is 21.9 Å². The summed E-state index contributed by atoms with van der Waals surface area (Å²) in [4.78, 5) is 7.66. The zero-order valence-electron chi connectivity index (χ0n) is 19.8. The molecule has 9 nitrogen and oxygen atoms in total. The summed E-state index contributed by atoms with van der Waals surface area (Å²) in [7, 11) is -3.89. The predicted molar refractivity (Wildman–Crippen MR) is 124 cm³/mol. The lowest BCUT2D eigenvalue weighted by Gasteiger charge is -2.32. The maximum Gasteiger partial charge on any atom is 0.423 e. The maximum absolute atomic E-state index is 14.6. The van der Waals surface area contributed by atoms with Crippen LogP contribution in [0.1, 0.15) is 36.3 Å². The minimum atomic E-state index is -4.68. The van der Waals surface area contributed by atoms with Crippen LogP contribution in [0.5, 0.6) is 5.88 Å². The Kier molecular flexibility index (Phi) is 7.27. The van der Waals surface area contributed by atoms with E-state index in [1.165, 1.54) is 16.4 Å². The fourth-order valence-corrected chi connectivity index (χ4v) is 6.05. The fourth-order valence-electron chi connectivity index (χ4n) is 4.56. The molecule has 3 saturated heterocycles. The average Bonchev–Trinajstić information content (AvgIpc) is 3.32. The molecule has 3 aliphatic rings. The molecule has 4 heterocycles. The van der Waals surface area contributed by atoms with E-state index in [-0.39, 0.29) is 42.5 Å². The summed E-state index contributed by atoms with van der Waals surface area (Å²) in [5, 5.41) is 6.05.